The minimum Gasteiger partial charge on any atom is -0.478 e. The van der Waals surface area contributed by atoms with Crippen LogP contribution in [-0.2, 0) is 4.79 Å². The van der Waals surface area contributed by atoms with Gasteiger partial charge in [-0.2, -0.15) is 0 Å². The number of rotatable bonds is 5. The molecule has 0 atom stereocenters. The van der Waals surface area contributed by atoms with E-state index < -0.39 is 40.5 Å². The maximum Gasteiger partial charge on any atom is 0.336 e. The van der Waals surface area contributed by atoms with Gasteiger partial charge in [-0.1, -0.05) is 0 Å². The Kier molecular flexibility index (Phi) is 5.34. The molecule has 0 spiro atoms. The molecule has 0 aromatic heterocycles. The fourth-order valence-electron chi connectivity index (χ4n) is 1.47. The van der Waals surface area contributed by atoms with Crippen LogP contribution in [0.25, 0.3) is 0 Å². The van der Waals surface area contributed by atoms with E-state index in [1.807, 2.05) is 0 Å². The van der Waals surface area contributed by atoms with Crippen molar-refractivity contribution in [1.29, 1.82) is 0 Å². The summed E-state index contributed by atoms with van der Waals surface area (Å²) in [5, 5.41) is 11.1. The molecule has 0 saturated carbocycles. The van der Waals surface area contributed by atoms with E-state index >= 15 is 0 Å². The van der Waals surface area contributed by atoms with Crippen molar-refractivity contribution in [2.24, 2.45) is 0 Å². The lowest BCUT2D eigenvalue weighted by Gasteiger charge is -2.15. The molecule has 0 aliphatic rings. The number of nitrogens with one attached hydrogen (secondary N) is 1. The Morgan fingerprint density at radius 3 is 2.19 bits per heavy atom. The summed E-state index contributed by atoms with van der Waals surface area (Å²) >= 11 is 0. The first-order chi connectivity index (χ1) is 9.77. The number of aromatic carboxylic acids is 1. The summed E-state index contributed by atoms with van der Waals surface area (Å²) in [6, 6.07) is 0.911. The molecule has 114 valence electrons. The van der Waals surface area contributed by atoms with Gasteiger partial charge in [0.05, 0.1) is 17.7 Å². The van der Waals surface area contributed by atoms with Gasteiger partial charge in [-0.15, -0.1) is 0 Å². The summed E-state index contributed by atoms with van der Waals surface area (Å²) in [6.07, 6.45) is 0. The zero-order valence-corrected chi connectivity index (χ0v) is 11.4. The van der Waals surface area contributed by atoms with Crippen LogP contribution < -0.4 is 5.32 Å². The van der Waals surface area contributed by atoms with Gasteiger partial charge in [0, 0.05) is 13.6 Å². The third kappa shape index (κ3) is 3.98. The predicted octanol–water partition coefficient (Wildman–Crippen LogP) is 0.871. The van der Waals surface area contributed by atoms with Gasteiger partial charge in [0.25, 0.3) is 5.91 Å². The Labute approximate surface area is 119 Å². The zero-order valence-electron chi connectivity index (χ0n) is 11.4. The fourth-order valence-corrected chi connectivity index (χ4v) is 1.47. The smallest absolute Gasteiger partial charge is 0.336 e. The van der Waals surface area contributed by atoms with E-state index in [2.05, 4.69) is 5.32 Å². The van der Waals surface area contributed by atoms with Gasteiger partial charge < -0.3 is 15.3 Å². The maximum atomic E-state index is 13.1. The van der Waals surface area contributed by atoms with Crippen LogP contribution in [-0.4, -0.2) is 47.9 Å². The largest absolute Gasteiger partial charge is 0.478 e. The van der Waals surface area contributed by atoms with E-state index in [0.29, 0.717) is 18.7 Å². The predicted molar refractivity (Wildman–Crippen MR) is 69.0 cm³/mol. The number of halogens is 2. The van der Waals surface area contributed by atoms with Gasteiger partial charge in [-0.25, -0.2) is 13.6 Å². The van der Waals surface area contributed by atoms with Crippen molar-refractivity contribution >= 4 is 17.8 Å². The summed E-state index contributed by atoms with van der Waals surface area (Å²) in [7, 11) is 1.52. The lowest BCUT2D eigenvalue weighted by atomic mass is 10.1. The number of carbonyl (C=O) groups excluding carboxylic acids is 2. The second kappa shape index (κ2) is 6.78. The lowest BCUT2D eigenvalue weighted by molar-refractivity contribution is -0.128. The van der Waals surface area contributed by atoms with Crippen molar-refractivity contribution in [2.45, 2.75) is 6.92 Å². The van der Waals surface area contributed by atoms with Crippen molar-refractivity contribution < 1.29 is 28.3 Å². The second-order valence-electron chi connectivity index (χ2n) is 4.21. The van der Waals surface area contributed by atoms with Gasteiger partial charge >= 0.3 is 5.97 Å². The van der Waals surface area contributed by atoms with Crippen LogP contribution in [0.5, 0.6) is 0 Å². The summed E-state index contributed by atoms with van der Waals surface area (Å²) in [5.41, 5.74) is -1.23. The average Bonchev–Trinajstić information content (AvgIpc) is 2.45. The van der Waals surface area contributed by atoms with Crippen LogP contribution in [0.15, 0.2) is 12.1 Å². The molecule has 1 rings (SSSR count). The third-order valence-electron chi connectivity index (χ3n) is 2.84. The highest BCUT2D eigenvalue weighted by atomic mass is 19.2. The molecule has 0 fully saturated rings. The number of carboxylic acids is 1. The van der Waals surface area contributed by atoms with E-state index in [0.717, 1.165) is 0 Å². The normalized spacial score (nSPS) is 10.1. The molecule has 2 N–H and O–H groups in total. The van der Waals surface area contributed by atoms with Crippen LogP contribution in [0.2, 0.25) is 0 Å². The van der Waals surface area contributed by atoms with Gasteiger partial charge in [-0.3, -0.25) is 9.59 Å². The Morgan fingerprint density at radius 1 is 1.19 bits per heavy atom. The first-order valence-electron chi connectivity index (χ1n) is 6.02. The third-order valence-corrected chi connectivity index (χ3v) is 2.84. The van der Waals surface area contributed by atoms with Crippen LogP contribution >= 0.6 is 0 Å². The molecule has 21 heavy (non-hydrogen) atoms. The Hall–Kier alpha value is -2.51. The molecule has 1 aromatic carbocycles. The molecule has 0 aliphatic heterocycles. The molecule has 0 heterocycles. The van der Waals surface area contributed by atoms with Gasteiger partial charge in [-0.05, 0) is 19.1 Å². The topological polar surface area (TPSA) is 86.7 Å². The highest BCUT2D eigenvalue weighted by molar-refractivity contribution is 6.05. The van der Waals surface area contributed by atoms with Gasteiger partial charge in [0.2, 0.25) is 5.91 Å². The Morgan fingerprint density at radius 2 is 1.71 bits per heavy atom. The van der Waals surface area contributed by atoms with Gasteiger partial charge in [0.1, 0.15) is 0 Å². The summed E-state index contributed by atoms with van der Waals surface area (Å²) in [6.45, 7) is 1.79. The molecule has 0 aliphatic carbocycles. The van der Waals surface area contributed by atoms with E-state index in [4.69, 9.17) is 5.11 Å². The molecule has 8 heteroatoms. The standard InChI is InChI=1S/C13H14F2N2O4/c1-3-17(2)11(18)6-16-12(19)7-4-9(14)10(15)5-8(7)13(20)21/h4-5H,3,6H2,1-2H3,(H,16,19)(H,20,21). The van der Waals surface area contributed by atoms with Crippen LogP contribution in [0.4, 0.5) is 8.78 Å². The highest BCUT2D eigenvalue weighted by Crippen LogP contribution is 2.15. The van der Waals surface area contributed by atoms with E-state index in [1.54, 1.807) is 6.92 Å². The molecular formula is C13H14F2N2O4. The molecular weight excluding hydrogens is 286 g/mol. The van der Waals surface area contributed by atoms with Gasteiger partial charge in [0.15, 0.2) is 11.6 Å². The summed E-state index contributed by atoms with van der Waals surface area (Å²) in [5.74, 6) is -5.65. The molecule has 6 nitrogen and oxygen atoms in total. The van der Waals surface area contributed by atoms with Crippen molar-refractivity contribution in [3.8, 4) is 0 Å². The van der Waals surface area contributed by atoms with Crippen LogP contribution in [0.3, 0.4) is 0 Å². The quantitative estimate of drug-likeness (QED) is 0.845. The number of hydrogen-bond donors (Lipinski definition) is 2. The van der Waals surface area contributed by atoms with E-state index in [1.165, 1.54) is 11.9 Å². The zero-order chi connectivity index (χ0) is 16.2. The molecule has 0 bridgehead atoms. The highest BCUT2D eigenvalue weighted by Gasteiger charge is 2.21. The van der Waals surface area contributed by atoms with Crippen molar-refractivity contribution in [3.63, 3.8) is 0 Å². The van der Waals surface area contributed by atoms with Crippen LogP contribution in [0, 0.1) is 11.6 Å². The number of likely N-dealkylation sites (N-methyl/N-ethyl adjacent to an activating group) is 1. The second-order valence-corrected chi connectivity index (χ2v) is 4.21. The van der Waals surface area contributed by atoms with Crippen LogP contribution in [0.1, 0.15) is 27.6 Å². The van der Waals surface area contributed by atoms with Crippen molar-refractivity contribution in [3.05, 3.63) is 34.9 Å². The van der Waals surface area contributed by atoms with E-state index in [9.17, 15) is 23.2 Å². The SMILES string of the molecule is CCN(C)C(=O)CNC(=O)c1cc(F)c(F)cc1C(=O)O. The number of amides is 2. The number of hydrogen-bond acceptors (Lipinski definition) is 3. The van der Waals surface area contributed by atoms with E-state index in [-0.39, 0.29) is 6.54 Å². The number of carboxylic acid groups (broad SMARTS) is 1. The summed E-state index contributed by atoms with van der Waals surface area (Å²) < 4.78 is 26.2. The Balaban J connectivity index is 2.95. The molecule has 0 radical (unpaired) electrons. The van der Waals surface area contributed by atoms with Crippen molar-refractivity contribution in [2.75, 3.05) is 20.1 Å². The minimum atomic E-state index is -1.57. The molecule has 0 saturated heterocycles. The number of carbonyl (C=O) groups is 3. The number of benzene rings is 1. The fraction of sp³-hybridized carbons (Fsp3) is 0.308. The Bertz CT molecular complexity index is 590. The molecule has 2 amide bonds. The molecule has 1 aromatic rings. The average molecular weight is 300 g/mol. The lowest BCUT2D eigenvalue weighted by Crippen LogP contribution is -2.38. The molecule has 0 unspecified atom stereocenters. The first-order valence-corrected chi connectivity index (χ1v) is 6.02. The number of nitrogens with zero attached hydrogens (tertiary/aromatic N) is 1. The minimum absolute atomic E-state index is 0.374. The first kappa shape index (κ1) is 16.5. The monoisotopic (exact) mass is 300 g/mol. The maximum absolute atomic E-state index is 13.1. The van der Waals surface area contributed by atoms with Crippen molar-refractivity contribution in [1.82, 2.24) is 10.2 Å². The summed E-state index contributed by atoms with van der Waals surface area (Å²) in [4.78, 5) is 35.6.